The van der Waals surface area contributed by atoms with Crippen molar-refractivity contribution in [2.45, 2.75) is 76.7 Å². The molecule has 0 unspecified atom stereocenters. The van der Waals surface area contributed by atoms with Crippen molar-refractivity contribution in [1.82, 2.24) is 5.32 Å². The largest absolute Gasteiger partial charge is 0.492 e. The van der Waals surface area contributed by atoms with Gasteiger partial charge in [-0.15, -0.1) is 0 Å². The lowest BCUT2D eigenvalue weighted by atomic mass is 9.47. The molecular weight excluding hydrogens is 430 g/mol. The Labute approximate surface area is 200 Å². The summed E-state index contributed by atoms with van der Waals surface area (Å²) in [6.45, 7) is 0.571. The van der Waals surface area contributed by atoms with Crippen LogP contribution in [0.25, 0.3) is 11.0 Å². The lowest BCUT2D eigenvalue weighted by molar-refractivity contribution is -0.150. The van der Waals surface area contributed by atoms with E-state index in [0.717, 1.165) is 37.5 Å². The number of hydrogen-bond acceptors (Lipinski definition) is 4. The first-order valence-electron chi connectivity index (χ1n) is 13.2. The summed E-state index contributed by atoms with van der Waals surface area (Å²) in [6.07, 6.45) is 14.1. The van der Waals surface area contributed by atoms with Gasteiger partial charge < -0.3 is 19.6 Å². The summed E-state index contributed by atoms with van der Waals surface area (Å²) in [7, 11) is 0. The van der Waals surface area contributed by atoms with Crippen LogP contribution >= 0.6 is 0 Å². The fourth-order valence-electron chi connectivity index (χ4n) is 8.12. The Bertz CT molecular complexity index is 1050. The molecule has 6 nitrogen and oxygen atoms in total. The van der Waals surface area contributed by atoms with Crippen molar-refractivity contribution in [3.05, 3.63) is 30.0 Å². The van der Waals surface area contributed by atoms with Gasteiger partial charge >= 0.3 is 5.97 Å². The Hall–Kier alpha value is -2.50. The summed E-state index contributed by atoms with van der Waals surface area (Å²) in [4.78, 5) is 26.1. The highest BCUT2D eigenvalue weighted by molar-refractivity contribution is 6.04. The zero-order valence-electron chi connectivity index (χ0n) is 19.8. The highest BCUT2D eigenvalue weighted by Crippen LogP contribution is 2.61. The zero-order chi connectivity index (χ0) is 23.3. The average Bonchev–Trinajstić information content (AvgIpc) is 3.29. The molecule has 0 spiro atoms. The lowest BCUT2D eigenvalue weighted by Crippen LogP contribution is -2.59. The number of carbonyl (C=O) groups is 2. The van der Waals surface area contributed by atoms with Gasteiger partial charge in [0.2, 0.25) is 0 Å². The fraction of sp³-hybridized carbons (Fsp3) is 0.643. The number of hydrogen-bond donors (Lipinski definition) is 2. The molecule has 5 fully saturated rings. The maximum Gasteiger partial charge on any atom is 0.326 e. The van der Waals surface area contributed by atoms with E-state index in [1.54, 1.807) is 18.4 Å². The monoisotopic (exact) mass is 465 g/mol. The molecule has 1 amide bonds. The maximum atomic E-state index is 13.6. The van der Waals surface area contributed by atoms with Crippen LogP contribution in [0.2, 0.25) is 0 Å². The third kappa shape index (κ3) is 3.89. The van der Waals surface area contributed by atoms with Gasteiger partial charge in [-0.1, -0.05) is 19.3 Å². The van der Waals surface area contributed by atoms with Crippen molar-refractivity contribution in [3.8, 4) is 5.75 Å². The Morgan fingerprint density at radius 2 is 1.71 bits per heavy atom. The van der Waals surface area contributed by atoms with Gasteiger partial charge in [0, 0.05) is 5.41 Å². The normalized spacial score (nSPS) is 31.5. The first kappa shape index (κ1) is 22.0. The molecule has 182 valence electrons. The molecular formula is C28H35NO5. The molecule has 4 bridgehead atoms. The van der Waals surface area contributed by atoms with E-state index in [-0.39, 0.29) is 11.3 Å². The van der Waals surface area contributed by atoms with Gasteiger partial charge in [-0.25, -0.2) is 4.79 Å². The van der Waals surface area contributed by atoms with Gasteiger partial charge in [0.1, 0.15) is 17.4 Å². The van der Waals surface area contributed by atoms with Crippen LogP contribution in [0.3, 0.4) is 0 Å². The molecule has 6 heteroatoms. The zero-order valence-corrected chi connectivity index (χ0v) is 19.8. The number of aliphatic carboxylic acids is 1. The standard InChI is InChI=1S/C28H35NO5/c30-26(29-25(27(31)32)28-13-18-10-19(14-28)12-20(11-18)15-28)22-6-7-23-21(8-9-33-23)24(22)34-16-17-4-2-1-3-5-17/h6-9,17-20,25H,1-5,10-16H2,(H,29,30)(H,31,32)/t18?,19?,20?,25-,28?/m1/s1. The molecule has 5 aliphatic carbocycles. The van der Waals surface area contributed by atoms with Crippen LogP contribution in [-0.4, -0.2) is 29.6 Å². The summed E-state index contributed by atoms with van der Waals surface area (Å²) in [6, 6.07) is 4.46. The van der Waals surface area contributed by atoms with Gasteiger partial charge in [-0.2, -0.15) is 0 Å². The number of benzene rings is 1. The van der Waals surface area contributed by atoms with E-state index in [1.807, 2.05) is 6.07 Å². The fourth-order valence-corrected chi connectivity index (χ4v) is 8.12. The van der Waals surface area contributed by atoms with Crippen molar-refractivity contribution in [2.24, 2.45) is 29.1 Å². The van der Waals surface area contributed by atoms with Crippen molar-refractivity contribution in [2.75, 3.05) is 6.61 Å². The second kappa shape index (κ2) is 8.62. The van der Waals surface area contributed by atoms with Gasteiger partial charge in [-0.3, -0.25) is 4.79 Å². The molecule has 0 radical (unpaired) electrons. The van der Waals surface area contributed by atoms with E-state index >= 15 is 0 Å². The number of amides is 1. The molecule has 1 aromatic heterocycles. The van der Waals surface area contributed by atoms with Gasteiger partial charge in [0.25, 0.3) is 5.91 Å². The van der Waals surface area contributed by atoms with Crippen molar-refractivity contribution < 1.29 is 23.8 Å². The van der Waals surface area contributed by atoms with Crippen molar-refractivity contribution in [3.63, 3.8) is 0 Å². The Kier molecular flexibility index (Phi) is 5.57. The SMILES string of the molecule is O=C(N[C@H](C(=O)O)C12CC3CC(CC(C3)C1)C2)c1ccc2occc2c1OCC1CCCCC1. The number of ether oxygens (including phenoxy) is 1. The van der Waals surface area contributed by atoms with Crippen LogP contribution in [0.5, 0.6) is 5.75 Å². The summed E-state index contributed by atoms with van der Waals surface area (Å²) in [5.74, 6) is 1.58. The first-order valence-corrected chi connectivity index (χ1v) is 13.2. The molecule has 5 aliphatic rings. The summed E-state index contributed by atoms with van der Waals surface area (Å²) in [5.41, 5.74) is 0.755. The lowest BCUT2D eigenvalue weighted by Gasteiger charge is -2.58. The van der Waals surface area contributed by atoms with E-state index in [1.165, 1.54) is 38.5 Å². The summed E-state index contributed by atoms with van der Waals surface area (Å²) >= 11 is 0. The maximum absolute atomic E-state index is 13.6. The molecule has 7 rings (SSSR count). The van der Waals surface area contributed by atoms with Crippen LogP contribution < -0.4 is 10.1 Å². The van der Waals surface area contributed by atoms with E-state index in [2.05, 4.69) is 5.32 Å². The molecule has 1 heterocycles. The van der Waals surface area contributed by atoms with Gasteiger partial charge in [-0.05, 0) is 93.2 Å². The number of rotatable bonds is 7. The minimum absolute atomic E-state index is 0.320. The molecule has 0 aliphatic heterocycles. The third-order valence-electron chi connectivity index (χ3n) is 9.24. The number of fused-ring (bicyclic) bond motifs is 1. The molecule has 5 saturated carbocycles. The van der Waals surface area contributed by atoms with E-state index in [4.69, 9.17) is 9.15 Å². The second-order valence-corrected chi connectivity index (χ2v) is 11.6. The van der Waals surface area contributed by atoms with E-state index in [0.29, 0.717) is 47.2 Å². The predicted octanol–water partition coefficient (Wildman–Crippen LogP) is 5.79. The molecule has 34 heavy (non-hydrogen) atoms. The smallest absolute Gasteiger partial charge is 0.326 e. The van der Waals surface area contributed by atoms with Crippen LogP contribution in [0.4, 0.5) is 0 Å². The summed E-state index contributed by atoms with van der Waals surface area (Å²) in [5, 5.41) is 14.0. The molecule has 2 aromatic rings. The quantitative estimate of drug-likeness (QED) is 0.540. The van der Waals surface area contributed by atoms with E-state index < -0.39 is 12.0 Å². The van der Waals surface area contributed by atoms with Crippen LogP contribution in [0.1, 0.15) is 81.0 Å². The molecule has 0 saturated heterocycles. The van der Waals surface area contributed by atoms with Crippen LogP contribution in [-0.2, 0) is 4.79 Å². The topological polar surface area (TPSA) is 88.8 Å². The third-order valence-corrected chi connectivity index (χ3v) is 9.24. The highest BCUT2D eigenvalue weighted by atomic mass is 16.5. The number of nitrogens with one attached hydrogen (secondary N) is 1. The van der Waals surface area contributed by atoms with Crippen molar-refractivity contribution in [1.29, 1.82) is 0 Å². The molecule has 1 aromatic carbocycles. The Morgan fingerprint density at radius 1 is 1.03 bits per heavy atom. The van der Waals surface area contributed by atoms with Gasteiger partial charge in [0.15, 0.2) is 0 Å². The molecule has 2 N–H and O–H groups in total. The Morgan fingerprint density at radius 3 is 2.35 bits per heavy atom. The van der Waals surface area contributed by atoms with Crippen LogP contribution in [0.15, 0.2) is 28.9 Å². The number of carbonyl (C=O) groups excluding carboxylic acids is 1. The summed E-state index contributed by atoms with van der Waals surface area (Å²) < 4.78 is 11.9. The number of furan rings is 1. The number of carboxylic acid groups (broad SMARTS) is 1. The van der Waals surface area contributed by atoms with Gasteiger partial charge in [0.05, 0.1) is 23.8 Å². The predicted molar refractivity (Wildman–Crippen MR) is 128 cm³/mol. The second-order valence-electron chi connectivity index (χ2n) is 11.6. The highest BCUT2D eigenvalue weighted by Gasteiger charge is 2.56. The van der Waals surface area contributed by atoms with Crippen LogP contribution in [0, 0.1) is 29.1 Å². The van der Waals surface area contributed by atoms with E-state index in [9.17, 15) is 14.7 Å². The minimum atomic E-state index is -0.913. The average molecular weight is 466 g/mol. The first-order chi connectivity index (χ1) is 16.5. The molecule has 1 atom stereocenters. The van der Waals surface area contributed by atoms with Crippen molar-refractivity contribution >= 4 is 22.8 Å². The Balaban J connectivity index is 1.27. The minimum Gasteiger partial charge on any atom is -0.492 e. The number of carboxylic acids is 1.